The van der Waals surface area contributed by atoms with Gasteiger partial charge in [0.15, 0.2) is 12.2 Å². The average molecular weight is 1550 g/mol. The molecule has 0 aromatic carbocycles. The molecule has 0 saturated carbocycles. The maximum absolute atomic E-state index is 13.2. The lowest BCUT2D eigenvalue weighted by atomic mass is 10.0. The van der Waals surface area contributed by atoms with Crippen LogP contribution in [0.25, 0.3) is 0 Å². The number of carbonyl (C=O) groups is 4. The Balaban J connectivity index is 5.25. The molecule has 0 fully saturated rings. The molecule has 106 heavy (non-hydrogen) atoms. The molecule has 0 spiro atoms. The van der Waals surface area contributed by atoms with Gasteiger partial charge < -0.3 is 33.8 Å². The molecule has 0 aliphatic carbocycles. The number of carbonyl (C=O) groups excluding carboxylic acids is 4. The van der Waals surface area contributed by atoms with Gasteiger partial charge in [-0.15, -0.1) is 0 Å². The van der Waals surface area contributed by atoms with E-state index >= 15 is 0 Å². The van der Waals surface area contributed by atoms with Crippen LogP contribution in [0.5, 0.6) is 0 Å². The van der Waals surface area contributed by atoms with Crippen molar-refractivity contribution in [1.29, 1.82) is 0 Å². The summed E-state index contributed by atoms with van der Waals surface area (Å²) in [6.45, 7) is 7.41. The fourth-order valence-electron chi connectivity index (χ4n) is 13.6. The third kappa shape index (κ3) is 80.1. The lowest BCUT2D eigenvalue weighted by Crippen LogP contribution is -2.30. The number of hydrogen-bond acceptors (Lipinski definition) is 15. The molecule has 0 bridgehead atoms. The molecule has 3 N–H and O–H groups in total. The molecule has 17 nitrogen and oxygen atoms in total. The van der Waals surface area contributed by atoms with Crippen molar-refractivity contribution in [2.24, 2.45) is 5.92 Å². The topological polar surface area (TPSA) is 237 Å². The average Bonchev–Trinajstić information content (AvgIpc) is 0.949. The van der Waals surface area contributed by atoms with Gasteiger partial charge in [0.1, 0.15) is 19.3 Å². The number of aliphatic hydroxyl groups excluding tert-OH is 1. The van der Waals surface area contributed by atoms with Gasteiger partial charge in [-0.3, -0.25) is 37.3 Å². The van der Waals surface area contributed by atoms with Gasteiger partial charge in [0.2, 0.25) is 0 Å². The van der Waals surface area contributed by atoms with Gasteiger partial charge in [0.25, 0.3) is 0 Å². The largest absolute Gasteiger partial charge is 0.472 e. The molecule has 0 aliphatic heterocycles. The number of ether oxygens (including phenoxy) is 4. The van der Waals surface area contributed by atoms with Gasteiger partial charge in [-0.05, 0) is 31.6 Å². The van der Waals surface area contributed by atoms with Crippen LogP contribution >= 0.6 is 15.6 Å². The molecule has 5 atom stereocenters. The molecule has 2 unspecified atom stereocenters. The molecule has 0 aromatic rings. The lowest BCUT2D eigenvalue weighted by Gasteiger charge is -2.21. The van der Waals surface area contributed by atoms with Gasteiger partial charge in [0, 0.05) is 25.7 Å². The fourth-order valence-corrected chi connectivity index (χ4v) is 15.2. The summed E-state index contributed by atoms with van der Waals surface area (Å²) in [6.07, 6.45) is 73.5. The zero-order chi connectivity index (χ0) is 77.6. The zero-order valence-electron chi connectivity index (χ0n) is 69.6. The van der Waals surface area contributed by atoms with E-state index in [2.05, 4.69) is 34.6 Å². The molecule has 0 aromatic heterocycles. The SMILES string of the molecule is CCCCCCCCCCCCCCCCCCCCCCC(=O)O[C@H](COC(=O)CCCCCCCCCCCCCCCCCC(C)C)COP(=O)(O)OC[C@@H](O)COP(=O)(O)OC[C@@H](COC(=O)CCCCCCCCCCCCCC)OC(=O)CCCCCCCCCCCCCCCCCC. The molecule has 0 heterocycles. The van der Waals surface area contributed by atoms with Crippen LogP contribution in [0, 0.1) is 5.92 Å². The fraction of sp³-hybridized carbons (Fsp3) is 0.954. The van der Waals surface area contributed by atoms with E-state index in [4.69, 9.17) is 37.0 Å². The first-order valence-electron chi connectivity index (χ1n) is 45.1. The van der Waals surface area contributed by atoms with Gasteiger partial charge in [-0.1, -0.05) is 420 Å². The third-order valence-electron chi connectivity index (χ3n) is 20.5. The van der Waals surface area contributed by atoms with Crippen molar-refractivity contribution in [1.82, 2.24) is 0 Å². The minimum Gasteiger partial charge on any atom is -0.462 e. The van der Waals surface area contributed by atoms with Crippen LogP contribution in [0.4, 0.5) is 0 Å². The van der Waals surface area contributed by atoms with E-state index in [1.54, 1.807) is 0 Å². The Bertz CT molecular complexity index is 2010. The lowest BCUT2D eigenvalue weighted by molar-refractivity contribution is -0.161. The molecule has 0 rings (SSSR count). The van der Waals surface area contributed by atoms with Crippen LogP contribution in [-0.2, 0) is 65.4 Å². The van der Waals surface area contributed by atoms with Crippen LogP contribution in [0.3, 0.4) is 0 Å². The minimum atomic E-state index is -4.97. The number of unbranched alkanes of at least 4 members (excludes halogenated alkanes) is 59. The first kappa shape index (κ1) is 104. The summed E-state index contributed by atoms with van der Waals surface area (Å²) >= 11 is 0. The Morgan fingerprint density at radius 2 is 0.434 bits per heavy atom. The number of esters is 4. The van der Waals surface area contributed by atoms with Gasteiger partial charge in [-0.2, -0.15) is 0 Å². The number of rotatable bonds is 87. The minimum absolute atomic E-state index is 0.109. The molecule has 0 amide bonds. The standard InChI is InChI=1S/C87H170O17P2/c1-6-9-12-15-18-21-24-27-29-31-32-33-34-38-43-48-53-58-63-68-73-87(92)104-83(77-98-85(90)71-66-61-56-51-46-41-39-35-36-40-44-49-54-59-64-69-80(4)5)79-102-106(95,96)100-75-81(88)74-99-105(93,94)101-78-82(76-97-84(89)70-65-60-55-50-45-26-23-20-17-14-11-8-3)103-86(91)72-67-62-57-52-47-42-37-30-28-25-22-19-16-13-10-7-2/h80-83,88H,6-79H2,1-5H3,(H,93,94)(H,95,96)/t81-,82+,83+/m0/s1. The van der Waals surface area contributed by atoms with E-state index < -0.39 is 97.5 Å². The quantitative estimate of drug-likeness (QED) is 0.0222. The second-order valence-corrected chi connectivity index (χ2v) is 34.7. The highest BCUT2D eigenvalue weighted by molar-refractivity contribution is 7.47. The van der Waals surface area contributed by atoms with E-state index in [1.807, 2.05) is 0 Å². The third-order valence-corrected chi connectivity index (χ3v) is 22.4. The van der Waals surface area contributed by atoms with E-state index in [9.17, 15) is 43.2 Å². The highest BCUT2D eigenvalue weighted by Gasteiger charge is 2.30. The van der Waals surface area contributed by atoms with Crippen LogP contribution in [0.1, 0.15) is 471 Å². The molecule has 19 heteroatoms. The number of aliphatic hydroxyl groups is 1. The van der Waals surface area contributed by atoms with Crippen molar-refractivity contribution in [2.75, 3.05) is 39.6 Å². The van der Waals surface area contributed by atoms with E-state index in [1.165, 1.54) is 295 Å². The van der Waals surface area contributed by atoms with Crippen molar-refractivity contribution in [2.45, 2.75) is 490 Å². The summed E-state index contributed by atoms with van der Waals surface area (Å²) in [4.78, 5) is 73.3. The number of hydrogen-bond donors (Lipinski definition) is 3. The molecule has 0 radical (unpaired) electrons. The Morgan fingerprint density at radius 3 is 0.642 bits per heavy atom. The van der Waals surface area contributed by atoms with Gasteiger partial charge in [0.05, 0.1) is 26.4 Å². The summed E-state index contributed by atoms with van der Waals surface area (Å²) in [5.41, 5.74) is 0. The number of phosphoric acid groups is 2. The molecule has 0 aliphatic rings. The summed E-state index contributed by atoms with van der Waals surface area (Å²) in [7, 11) is -9.93. The predicted octanol–water partition coefficient (Wildman–Crippen LogP) is 26.8. The first-order valence-corrected chi connectivity index (χ1v) is 48.1. The van der Waals surface area contributed by atoms with Crippen molar-refractivity contribution in [3.05, 3.63) is 0 Å². The van der Waals surface area contributed by atoms with Gasteiger partial charge >= 0.3 is 39.5 Å². The van der Waals surface area contributed by atoms with Crippen LogP contribution in [-0.4, -0.2) is 96.7 Å². The highest BCUT2D eigenvalue weighted by Crippen LogP contribution is 2.45. The second kappa shape index (κ2) is 79.7. The Kier molecular flexibility index (Phi) is 78.2. The Labute approximate surface area is 651 Å². The zero-order valence-corrected chi connectivity index (χ0v) is 71.4. The van der Waals surface area contributed by atoms with E-state index in [0.29, 0.717) is 25.7 Å². The monoisotopic (exact) mass is 1550 g/mol. The van der Waals surface area contributed by atoms with Crippen molar-refractivity contribution < 1.29 is 80.2 Å². The maximum atomic E-state index is 13.2. The smallest absolute Gasteiger partial charge is 0.462 e. The predicted molar refractivity (Wildman–Crippen MR) is 437 cm³/mol. The van der Waals surface area contributed by atoms with Crippen LogP contribution in [0.15, 0.2) is 0 Å². The molecular formula is C87H170O17P2. The maximum Gasteiger partial charge on any atom is 0.472 e. The van der Waals surface area contributed by atoms with Gasteiger partial charge in [-0.25, -0.2) is 9.13 Å². The summed E-state index contributed by atoms with van der Waals surface area (Å²) < 4.78 is 69.0. The Morgan fingerprint density at radius 1 is 0.255 bits per heavy atom. The molecule has 0 saturated heterocycles. The second-order valence-electron chi connectivity index (χ2n) is 31.8. The highest BCUT2D eigenvalue weighted by atomic mass is 31.2. The van der Waals surface area contributed by atoms with Crippen molar-refractivity contribution in [3.63, 3.8) is 0 Å². The molecule has 630 valence electrons. The van der Waals surface area contributed by atoms with Crippen molar-refractivity contribution in [3.8, 4) is 0 Å². The van der Waals surface area contributed by atoms with Crippen molar-refractivity contribution >= 4 is 39.5 Å². The van der Waals surface area contributed by atoms with E-state index in [0.717, 1.165) is 95.8 Å². The first-order chi connectivity index (χ1) is 51.5. The molecular weight excluding hydrogens is 1380 g/mol. The summed E-state index contributed by atoms with van der Waals surface area (Å²) in [5, 5.41) is 10.7. The Hall–Kier alpha value is -1.94. The van der Waals surface area contributed by atoms with Crippen LogP contribution in [0.2, 0.25) is 0 Å². The summed E-state index contributed by atoms with van der Waals surface area (Å²) in [6, 6.07) is 0. The van der Waals surface area contributed by atoms with Crippen LogP contribution < -0.4 is 0 Å². The number of phosphoric ester groups is 2. The summed E-state index contributed by atoms with van der Waals surface area (Å²) in [5.74, 6) is -1.29. The van der Waals surface area contributed by atoms with E-state index in [-0.39, 0.29) is 25.7 Å². The normalized spacial score (nSPS) is 13.7.